The summed E-state index contributed by atoms with van der Waals surface area (Å²) in [5, 5.41) is 0. The largest absolute Gasteiger partial charge is 0.399 e. The minimum absolute atomic E-state index is 0.201. The van der Waals surface area contributed by atoms with Gasteiger partial charge in [0.05, 0.1) is 0 Å². The van der Waals surface area contributed by atoms with E-state index in [1.54, 1.807) is 0 Å². The number of Topliss-reactive ketones (excluding diaryl/α,β-unsaturated/α-hetero) is 1. The van der Waals surface area contributed by atoms with Crippen LogP contribution in [-0.4, -0.2) is 5.78 Å². The number of hydrogen-bond acceptors (Lipinski definition) is 2. The third-order valence-electron chi connectivity index (χ3n) is 2.73. The second kappa shape index (κ2) is 5.83. The van der Waals surface area contributed by atoms with Crippen molar-refractivity contribution in [3.8, 4) is 0 Å². The Hall–Kier alpha value is -1.61. The highest BCUT2D eigenvalue weighted by atomic mass is 79.9. The molecular formula is C15H14BrNO. The van der Waals surface area contributed by atoms with Gasteiger partial charge in [-0.25, -0.2) is 0 Å². The zero-order valence-electron chi connectivity index (χ0n) is 9.90. The van der Waals surface area contributed by atoms with Crippen molar-refractivity contribution in [1.29, 1.82) is 0 Å². The number of ketones is 1. The molecular weight excluding hydrogens is 290 g/mol. The van der Waals surface area contributed by atoms with Crippen molar-refractivity contribution in [1.82, 2.24) is 0 Å². The first-order valence-electron chi connectivity index (χ1n) is 5.74. The van der Waals surface area contributed by atoms with Gasteiger partial charge in [0, 0.05) is 23.0 Å². The summed E-state index contributed by atoms with van der Waals surface area (Å²) in [5.41, 5.74) is 8.36. The van der Waals surface area contributed by atoms with Crippen molar-refractivity contribution in [2.24, 2.45) is 0 Å². The molecule has 0 saturated heterocycles. The number of hydrogen-bond donors (Lipinski definition) is 1. The molecule has 0 spiro atoms. The Morgan fingerprint density at radius 2 is 1.67 bits per heavy atom. The van der Waals surface area contributed by atoms with E-state index in [1.807, 2.05) is 48.5 Å². The molecule has 2 nitrogen and oxygen atoms in total. The number of halogens is 1. The Bertz CT molecular complexity index is 549. The summed E-state index contributed by atoms with van der Waals surface area (Å²) in [6.45, 7) is 0. The van der Waals surface area contributed by atoms with E-state index in [0.717, 1.165) is 21.3 Å². The summed E-state index contributed by atoms with van der Waals surface area (Å²) in [6.07, 6.45) is 0.896. The summed E-state index contributed by atoms with van der Waals surface area (Å²) in [4.78, 5) is 12.0. The molecule has 0 aliphatic carbocycles. The van der Waals surface area contributed by atoms with Gasteiger partial charge in [0.1, 0.15) is 5.78 Å². The monoisotopic (exact) mass is 303 g/mol. The van der Waals surface area contributed by atoms with Crippen LogP contribution < -0.4 is 5.73 Å². The molecule has 0 radical (unpaired) electrons. The zero-order valence-corrected chi connectivity index (χ0v) is 11.5. The van der Waals surface area contributed by atoms with Gasteiger partial charge in [0.25, 0.3) is 0 Å². The van der Waals surface area contributed by atoms with Crippen LogP contribution in [0.2, 0.25) is 0 Å². The van der Waals surface area contributed by atoms with Crippen LogP contribution in [0.25, 0.3) is 0 Å². The minimum atomic E-state index is 0.201. The molecule has 18 heavy (non-hydrogen) atoms. The average Bonchev–Trinajstić information content (AvgIpc) is 2.35. The van der Waals surface area contributed by atoms with Crippen molar-refractivity contribution in [3.63, 3.8) is 0 Å². The fraction of sp³-hybridized carbons (Fsp3) is 0.133. The van der Waals surface area contributed by atoms with Crippen molar-refractivity contribution < 1.29 is 4.79 Å². The number of carbonyl (C=O) groups is 1. The van der Waals surface area contributed by atoms with E-state index in [0.29, 0.717) is 12.8 Å². The van der Waals surface area contributed by atoms with Crippen molar-refractivity contribution in [3.05, 3.63) is 64.1 Å². The molecule has 0 aliphatic rings. The molecule has 0 amide bonds. The van der Waals surface area contributed by atoms with Crippen LogP contribution in [0.1, 0.15) is 11.1 Å². The Balaban J connectivity index is 2.01. The van der Waals surface area contributed by atoms with Crippen LogP contribution in [0.3, 0.4) is 0 Å². The van der Waals surface area contributed by atoms with E-state index in [2.05, 4.69) is 15.9 Å². The highest BCUT2D eigenvalue weighted by Crippen LogP contribution is 2.17. The predicted molar refractivity (Wildman–Crippen MR) is 77.4 cm³/mol. The van der Waals surface area contributed by atoms with Crippen molar-refractivity contribution in [2.45, 2.75) is 12.8 Å². The van der Waals surface area contributed by atoms with Gasteiger partial charge in [0.2, 0.25) is 0 Å². The second-order valence-corrected chi connectivity index (χ2v) is 5.08. The van der Waals surface area contributed by atoms with Crippen LogP contribution in [0.5, 0.6) is 0 Å². The summed E-state index contributed by atoms with van der Waals surface area (Å²) in [6, 6.07) is 15.2. The van der Waals surface area contributed by atoms with Crippen LogP contribution in [0.15, 0.2) is 53.0 Å². The molecule has 0 aromatic heterocycles. The normalized spacial score (nSPS) is 10.3. The minimum Gasteiger partial charge on any atom is -0.399 e. The van der Waals surface area contributed by atoms with Gasteiger partial charge < -0.3 is 5.73 Å². The molecule has 2 N–H and O–H groups in total. The first-order valence-corrected chi connectivity index (χ1v) is 6.54. The molecule has 0 unspecified atom stereocenters. The molecule has 0 atom stereocenters. The highest BCUT2D eigenvalue weighted by Gasteiger charge is 2.07. The fourth-order valence-electron chi connectivity index (χ4n) is 1.78. The molecule has 2 aromatic carbocycles. The van der Waals surface area contributed by atoms with Crippen LogP contribution in [0, 0.1) is 0 Å². The van der Waals surface area contributed by atoms with Gasteiger partial charge in [0.15, 0.2) is 0 Å². The number of rotatable bonds is 4. The first-order chi connectivity index (χ1) is 8.65. The zero-order chi connectivity index (χ0) is 13.0. The van der Waals surface area contributed by atoms with E-state index in [4.69, 9.17) is 5.73 Å². The van der Waals surface area contributed by atoms with Gasteiger partial charge >= 0.3 is 0 Å². The highest BCUT2D eigenvalue weighted by molar-refractivity contribution is 9.10. The van der Waals surface area contributed by atoms with Crippen molar-refractivity contribution in [2.75, 3.05) is 5.73 Å². The van der Waals surface area contributed by atoms with Crippen LogP contribution >= 0.6 is 15.9 Å². The summed E-state index contributed by atoms with van der Waals surface area (Å²) in [7, 11) is 0. The molecule has 0 saturated carbocycles. The SMILES string of the molecule is Nc1ccc(CC(=O)Cc2ccccc2Br)cc1. The van der Waals surface area contributed by atoms with E-state index >= 15 is 0 Å². The Morgan fingerprint density at radius 1 is 1.00 bits per heavy atom. The van der Waals surface area contributed by atoms with Crippen molar-refractivity contribution >= 4 is 27.4 Å². The molecule has 3 heteroatoms. The predicted octanol–water partition coefficient (Wildman–Crippen LogP) is 3.39. The third-order valence-corrected chi connectivity index (χ3v) is 3.50. The van der Waals surface area contributed by atoms with E-state index in [9.17, 15) is 4.79 Å². The topological polar surface area (TPSA) is 43.1 Å². The Labute approximate surface area is 115 Å². The van der Waals surface area contributed by atoms with E-state index in [1.165, 1.54) is 0 Å². The smallest absolute Gasteiger partial charge is 0.141 e. The number of benzene rings is 2. The number of anilines is 1. The molecule has 92 valence electrons. The van der Waals surface area contributed by atoms with E-state index < -0.39 is 0 Å². The van der Waals surface area contributed by atoms with Gasteiger partial charge in [-0.15, -0.1) is 0 Å². The fourth-order valence-corrected chi connectivity index (χ4v) is 2.20. The van der Waals surface area contributed by atoms with Crippen LogP contribution in [-0.2, 0) is 17.6 Å². The Morgan fingerprint density at radius 3 is 2.33 bits per heavy atom. The quantitative estimate of drug-likeness (QED) is 0.880. The molecule has 0 bridgehead atoms. The number of nitrogen functional groups attached to an aromatic ring is 1. The third kappa shape index (κ3) is 3.44. The van der Waals surface area contributed by atoms with Gasteiger partial charge in [-0.2, -0.15) is 0 Å². The summed E-state index contributed by atoms with van der Waals surface area (Å²) < 4.78 is 0.982. The number of nitrogens with two attached hydrogens (primary N) is 1. The maximum absolute atomic E-state index is 12.0. The molecule has 2 aromatic rings. The number of carbonyl (C=O) groups excluding carboxylic acids is 1. The lowest BCUT2D eigenvalue weighted by Gasteiger charge is -2.04. The second-order valence-electron chi connectivity index (χ2n) is 4.23. The first kappa shape index (κ1) is 12.8. The maximum Gasteiger partial charge on any atom is 0.141 e. The lowest BCUT2D eigenvalue weighted by Crippen LogP contribution is -2.07. The standard InChI is InChI=1S/C15H14BrNO/c16-15-4-2-1-3-12(15)10-14(18)9-11-5-7-13(17)8-6-11/h1-8H,9-10,17H2. The summed E-state index contributed by atoms with van der Waals surface area (Å²) >= 11 is 3.45. The molecule has 0 aliphatic heterocycles. The van der Waals surface area contributed by atoms with E-state index in [-0.39, 0.29) is 5.78 Å². The molecule has 0 heterocycles. The van der Waals surface area contributed by atoms with Gasteiger partial charge in [-0.05, 0) is 29.3 Å². The Kier molecular flexibility index (Phi) is 4.15. The maximum atomic E-state index is 12.0. The average molecular weight is 304 g/mol. The molecule has 0 fully saturated rings. The van der Waals surface area contributed by atoms with Gasteiger partial charge in [-0.1, -0.05) is 46.3 Å². The lowest BCUT2D eigenvalue weighted by molar-refractivity contribution is -0.117. The lowest BCUT2D eigenvalue weighted by atomic mass is 10.0. The van der Waals surface area contributed by atoms with Gasteiger partial charge in [-0.3, -0.25) is 4.79 Å². The molecule has 2 rings (SSSR count). The summed E-state index contributed by atoms with van der Waals surface area (Å²) in [5.74, 6) is 0.201. The van der Waals surface area contributed by atoms with Crippen LogP contribution in [0.4, 0.5) is 5.69 Å².